The molecule has 0 aromatic carbocycles. The number of esters is 2. The van der Waals surface area contributed by atoms with E-state index in [4.69, 9.17) is 0 Å². The van der Waals surface area contributed by atoms with Crippen LogP contribution < -0.4 is 0 Å². The van der Waals surface area contributed by atoms with Crippen LogP contribution in [0.15, 0.2) is 0 Å². The number of ether oxygens (including phenoxy) is 1. The van der Waals surface area contributed by atoms with Gasteiger partial charge in [-0.3, -0.25) is 9.59 Å². The SMILES string of the molecule is O=C(OC(=O)C(C(F)(F)F)C(F)(F)F)C(C(F)(F)F)C(F)(F)F. The molecule has 0 heterocycles. The summed E-state index contributed by atoms with van der Waals surface area (Å²) in [5, 5.41) is 0. The molecule has 0 unspecified atom stereocenters. The molecule has 136 valence electrons. The molecule has 0 atom stereocenters. The van der Waals surface area contributed by atoms with Crippen LogP contribution in [0.1, 0.15) is 0 Å². The summed E-state index contributed by atoms with van der Waals surface area (Å²) in [7, 11) is 0. The summed E-state index contributed by atoms with van der Waals surface area (Å²) in [6.07, 6.45) is -25.8. The van der Waals surface area contributed by atoms with E-state index in [0.717, 1.165) is 0 Å². The zero-order valence-electron chi connectivity index (χ0n) is 9.92. The molecule has 3 nitrogen and oxygen atoms in total. The number of alkyl halides is 12. The van der Waals surface area contributed by atoms with Gasteiger partial charge in [0.1, 0.15) is 0 Å². The Balaban J connectivity index is 5.54. The summed E-state index contributed by atoms with van der Waals surface area (Å²) in [6, 6.07) is 0. The molecule has 0 saturated carbocycles. The lowest BCUT2D eigenvalue weighted by Gasteiger charge is -2.23. The first kappa shape index (κ1) is 21.3. The summed E-state index contributed by atoms with van der Waals surface area (Å²) < 4.78 is 147. The van der Waals surface area contributed by atoms with E-state index in [1.54, 1.807) is 0 Å². The van der Waals surface area contributed by atoms with E-state index in [-0.39, 0.29) is 0 Å². The second kappa shape index (κ2) is 6.07. The molecule has 0 aliphatic carbocycles. The number of carbonyl (C=O) groups is 2. The zero-order chi connectivity index (χ0) is 19.0. The molecular formula is C8H2F12O3. The van der Waals surface area contributed by atoms with Crippen molar-refractivity contribution >= 4 is 11.9 Å². The number of rotatable bonds is 2. The Morgan fingerprint density at radius 3 is 0.826 bits per heavy atom. The second-order valence-corrected chi connectivity index (χ2v) is 3.77. The van der Waals surface area contributed by atoms with Crippen LogP contribution in [0.4, 0.5) is 52.7 Å². The second-order valence-electron chi connectivity index (χ2n) is 3.77. The van der Waals surface area contributed by atoms with Gasteiger partial charge >= 0.3 is 36.6 Å². The largest absolute Gasteiger partial charge is 0.411 e. The van der Waals surface area contributed by atoms with Gasteiger partial charge in [0.05, 0.1) is 0 Å². The summed E-state index contributed by atoms with van der Waals surface area (Å²) in [5.74, 6) is -17.5. The lowest BCUT2D eigenvalue weighted by atomic mass is 10.1. The van der Waals surface area contributed by atoms with Crippen LogP contribution in [0.5, 0.6) is 0 Å². The zero-order valence-corrected chi connectivity index (χ0v) is 9.92. The van der Waals surface area contributed by atoms with E-state index in [1.807, 2.05) is 0 Å². The Morgan fingerprint density at radius 2 is 0.696 bits per heavy atom. The smallest absolute Gasteiger partial charge is 0.392 e. The number of hydrogen-bond donors (Lipinski definition) is 0. The van der Waals surface area contributed by atoms with Gasteiger partial charge < -0.3 is 4.74 Å². The lowest BCUT2D eigenvalue weighted by Crippen LogP contribution is -2.48. The van der Waals surface area contributed by atoms with Crippen molar-refractivity contribution in [2.45, 2.75) is 24.7 Å². The van der Waals surface area contributed by atoms with Crippen molar-refractivity contribution in [2.75, 3.05) is 0 Å². The fraction of sp³-hybridized carbons (Fsp3) is 0.750. The van der Waals surface area contributed by atoms with Crippen molar-refractivity contribution in [1.82, 2.24) is 0 Å². The van der Waals surface area contributed by atoms with Gasteiger partial charge in [-0.1, -0.05) is 0 Å². The number of hydrogen-bond acceptors (Lipinski definition) is 3. The molecule has 0 amide bonds. The van der Waals surface area contributed by atoms with Crippen molar-refractivity contribution in [3.05, 3.63) is 0 Å². The molecule has 0 rings (SSSR count). The van der Waals surface area contributed by atoms with Gasteiger partial charge in [0.2, 0.25) is 11.8 Å². The van der Waals surface area contributed by atoms with Crippen LogP contribution in [-0.4, -0.2) is 36.6 Å². The highest BCUT2D eigenvalue weighted by Crippen LogP contribution is 2.42. The Labute approximate surface area is 117 Å². The third-order valence-corrected chi connectivity index (χ3v) is 1.98. The molecule has 0 aliphatic heterocycles. The first-order valence-electron chi connectivity index (χ1n) is 4.82. The van der Waals surface area contributed by atoms with Gasteiger partial charge in [-0.2, -0.15) is 52.7 Å². The van der Waals surface area contributed by atoms with E-state index in [0.29, 0.717) is 0 Å². The Morgan fingerprint density at radius 1 is 0.522 bits per heavy atom. The fourth-order valence-corrected chi connectivity index (χ4v) is 1.12. The molecule has 0 aliphatic rings. The topological polar surface area (TPSA) is 43.4 Å². The molecule has 23 heavy (non-hydrogen) atoms. The van der Waals surface area contributed by atoms with Gasteiger partial charge in [-0.15, -0.1) is 0 Å². The van der Waals surface area contributed by atoms with Crippen LogP contribution in [0.3, 0.4) is 0 Å². The first-order chi connectivity index (χ1) is 9.79. The van der Waals surface area contributed by atoms with Gasteiger partial charge in [-0.05, 0) is 0 Å². The van der Waals surface area contributed by atoms with Crippen LogP contribution in [0.2, 0.25) is 0 Å². The molecule has 0 bridgehead atoms. The minimum atomic E-state index is -6.46. The van der Waals surface area contributed by atoms with Crippen molar-refractivity contribution in [3.63, 3.8) is 0 Å². The predicted molar refractivity (Wildman–Crippen MR) is 42.3 cm³/mol. The molecule has 0 radical (unpaired) electrons. The average Bonchev–Trinajstić information content (AvgIpc) is 2.04. The average molecular weight is 374 g/mol. The predicted octanol–water partition coefficient (Wildman–Crippen LogP) is 3.54. The van der Waals surface area contributed by atoms with Crippen molar-refractivity contribution in [3.8, 4) is 0 Å². The number of halogens is 12. The highest BCUT2D eigenvalue weighted by molar-refractivity contribution is 5.89. The van der Waals surface area contributed by atoms with Gasteiger partial charge in [-0.25, -0.2) is 0 Å². The quantitative estimate of drug-likeness (QED) is 0.422. The van der Waals surface area contributed by atoms with Gasteiger partial charge in [0.15, 0.2) is 0 Å². The van der Waals surface area contributed by atoms with Gasteiger partial charge in [0.25, 0.3) is 0 Å². The van der Waals surface area contributed by atoms with Crippen molar-refractivity contribution in [1.29, 1.82) is 0 Å². The molecule has 15 heteroatoms. The van der Waals surface area contributed by atoms with Crippen LogP contribution >= 0.6 is 0 Å². The standard InChI is InChI=1S/C8H2F12O3/c9-5(10,11)1(6(12,13)14)3(21)23-4(22)2(7(15,16)17)8(18,19)20/h1-2H. The van der Waals surface area contributed by atoms with Crippen LogP contribution in [0.25, 0.3) is 0 Å². The Bertz CT molecular complexity index is 383. The third kappa shape index (κ3) is 5.78. The minimum absolute atomic E-state index is 2.52. The fourth-order valence-electron chi connectivity index (χ4n) is 1.12. The lowest BCUT2D eigenvalue weighted by molar-refractivity contribution is -0.288. The summed E-state index contributed by atoms with van der Waals surface area (Å²) in [4.78, 5) is 21.2. The van der Waals surface area contributed by atoms with Crippen molar-refractivity contribution in [2.24, 2.45) is 11.8 Å². The molecule has 0 N–H and O–H groups in total. The Kier molecular flexibility index (Phi) is 5.62. The van der Waals surface area contributed by atoms with Gasteiger partial charge in [0, 0.05) is 0 Å². The highest BCUT2D eigenvalue weighted by Gasteiger charge is 2.66. The molecule has 0 aromatic rings. The monoisotopic (exact) mass is 374 g/mol. The minimum Gasteiger partial charge on any atom is -0.392 e. The van der Waals surface area contributed by atoms with E-state index in [9.17, 15) is 62.3 Å². The molecule has 0 spiro atoms. The number of carbonyl (C=O) groups excluding carboxylic acids is 2. The first-order valence-corrected chi connectivity index (χ1v) is 4.82. The van der Waals surface area contributed by atoms with E-state index < -0.39 is 48.5 Å². The van der Waals surface area contributed by atoms with Crippen molar-refractivity contribution < 1.29 is 67.0 Å². The van der Waals surface area contributed by atoms with E-state index in [2.05, 4.69) is 4.74 Å². The van der Waals surface area contributed by atoms with Crippen LogP contribution in [0, 0.1) is 11.8 Å². The summed E-state index contributed by atoms with van der Waals surface area (Å²) >= 11 is 0. The maximum Gasteiger partial charge on any atom is 0.411 e. The highest BCUT2D eigenvalue weighted by atomic mass is 19.4. The maximum atomic E-state index is 12.0. The van der Waals surface area contributed by atoms with Crippen LogP contribution in [-0.2, 0) is 14.3 Å². The maximum absolute atomic E-state index is 12.0. The summed E-state index contributed by atoms with van der Waals surface area (Å²) in [6.45, 7) is 0. The van der Waals surface area contributed by atoms with E-state index in [1.165, 1.54) is 0 Å². The summed E-state index contributed by atoms with van der Waals surface area (Å²) in [5.41, 5.74) is 0. The third-order valence-electron chi connectivity index (χ3n) is 1.98. The normalized spacial score (nSPS) is 14.3. The van der Waals surface area contributed by atoms with E-state index >= 15 is 0 Å². The molecule has 0 fully saturated rings. The molecular weight excluding hydrogens is 372 g/mol. The Hall–Kier alpha value is -1.70. The molecule has 0 aromatic heterocycles. The molecule has 0 saturated heterocycles.